The van der Waals surface area contributed by atoms with E-state index in [-0.39, 0.29) is 84.3 Å². The average molecular weight is 1870 g/mol. The van der Waals surface area contributed by atoms with E-state index in [9.17, 15) is 0 Å². The lowest BCUT2D eigenvalue weighted by Crippen LogP contribution is -2.61. The molecule has 0 amide bonds. The second kappa shape index (κ2) is 31.2. The van der Waals surface area contributed by atoms with E-state index >= 15 is 0 Å². The number of benzene rings is 13. The summed E-state index contributed by atoms with van der Waals surface area (Å²) in [5, 5.41) is 2.40. The second-order valence-corrected chi connectivity index (χ2v) is 54.5. The Morgan fingerprint density at radius 1 is 0.275 bits per heavy atom. The van der Waals surface area contributed by atoms with Gasteiger partial charge in [-0.3, -0.25) is 9.80 Å². The van der Waals surface area contributed by atoms with E-state index in [0.29, 0.717) is 0 Å². The van der Waals surface area contributed by atoms with E-state index in [1.165, 1.54) is 183 Å². The lowest BCUT2D eigenvalue weighted by Gasteiger charge is -2.50. The van der Waals surface area contributed by atoms with Crippen molar-refractivity contribution in [3.8, 4) is 33.4 Å². The monoisotopic (exact) mass is 1870 g/mol. The standard InChI is InChI=1S/C134H148B2N4O2/c1-122(2,3)84-46-50-90(51-47-84)137-107-57-49-85(123(4,5)6)68-106(107)136-116-96-75-104-103(77-114(96)142-121(116)138(91-52-54-97-99(72-91)128(17,18)60-58-126(97,13)14)110-65-83(64-109(137)117(110)136)80-40-34-31-35-41-80)133(27,28)79-89(134(104,29)30)78-132(25,26)88-70-111-118-112(71-88)140(119-93(81-42-36-32-37-43-81)66-87(125(10,11)12)67-94(119)82-44-38-33-39-45-82)108-69-86(124(7,8)9)48-56-105(108)135(118)115-95-74-101-102(131(23,24)63-62-130(101,21)22)76-113(95)141-120(115)139(111)92-53-55-98-100(73-92)129(19,20)61-59-127(98,15)16/h31-57,64-77,89H,58-63,78-79H2,1-30H3. The van der Waals surface area contributed by atoms with Crippen LogP contribution in [-0.2, 0) is 70.4 Å². The SMILES string of the molecule is CC(C)(C)c1ccc(N2c3ccc(C(C)(C)C)cc3B3c4c2cc(-c2ccccc2)cc4N(c2ccc4c(c2)C(C)(C)CCC4(C)C)c2oc4cc5c(cc4c23)C(C)(C)C(CC(C)(C)c2cc3c4c(c2)N(c2c(-c6ccccc6)cc(C(C)(C)C)cc2-c2ccccc2)c2cc(C(C)(C)C)ccc2B4c2c(oc4cc6c(cc24)C(C)(C)CCC6(C)C)N3c2ccc3c(c2)C(C)(C)CCC3(C)C)CC5(C)C)cc1. The van der Waals surface area contributed by atoms with Gasteiger partial charge in [-0.25, -0.2) is 0 Å². The lowest BCUT2D eigenvalue weighted by atomic mass is 9.33. The van der Waals surface area contributed by atoms with Gasteiger partial charge in [0.2, 0.25) is 11.8 Å². The summed E-state index contributed by atoms with van der Waals surface area (Å²) in [5.74, 6) is 2.02. The van der Waals surface area contributed by atoms with E-state index in [1.807, 2.05) is 0 Å². The highest BCUT2D eigenvalue weighted by molar-refractivity contribution is 7.02. The van der Waals surface area contributed by atoms with Gasteiger partial charge in [0.1, 0.15) is 11.2 Å². The molecule has 0 spiro atoms. The number of fused-ring (bicyclic) bond motifs is 16. The molecule has 1 atom stereocenters. The first-order valence-corrected chi connectivity index (χ1v) is 53.4. The zero-order valence-electron chi connectivity index (χ0n) is 90.7. The third kappa shape index (κ3) is 14.6. The highest BCUT2D eigenvalue weighted by atomic mass is 16.4. The number of anilines is 12. The number of rotatable bonds is 10. The predicted molar refractivity (Wildman–Crippen MR) is 609 cm³/mol. The van der Waals surface area contributed by atoms with Crippen LogP contribution in [0, 0.1) is 5.92 Å². The summed E-state index contributed by atoms with van der Waals surface area (Å²) in [6.07, 6.45) is 8.54. The molecule has 722 valence electrons. The maximum atomic E-state index is 8.17. The highest BCUT2D eigenvalue weighted by Crippen LogP contribution is 2.62. The second-order valence-electron chi connectivity index (χ2n) is 54.5. The summed E-state index contributed by atoms with van der Waals surface area (Å²) in [7, 11) is 0. The minimum atomic E-state index is -0.472. The summed E-state index contributed by atoms with van der Waals surface area (Å²) >= 11 is 0. The normalized spacial score (nSPS) is 18.9. The van der Waals surface area contributed by atoms with Crippen molar-refractivity contribution in [1.29, 1.82) is 0 Å². The number of nitrogens with zero attached hydrogens (tertiary/aromatic N) is 4. The van der Waals surface area contributed by atoms with E-state index in [0.717, 1.165) is 97.1 Å². The van der Waals surface area contributed by atoms with E-state index in [4.69, 9.17) is 8.83 Å². The van der Waals surface area contributed by atoms with Crippen molar-refractivity contribution < 1.29 is 8.83 Å². The zero-order valence-corrected chi connectivity index (χ0v) is 90.7. The van der Waals surface area contributed by atoms with Crippen LogP contribution in [0.15, 0.2) is 258 Å². The van der Waals surface area contributed by atoms with Crippen molar-refractivity contribution in [2.24, 2.45) is 5.92 Å². The van der Waals surface area contributed by atoms with Gasteiger partial charge < -0.3 is 18.6 Å². The summed E-state index contributed by atoms with van der Waals surface area (Å²) in [5.41, 5.74) is 44.3. The van der Waals surface area contributed by atoms with Gasteiger partial charge in [-0.1, -0.05) is 347 Å². The van der Waals surface area contributed by atoms with Crippen LogP contribution in [0.3, 0.4) is 0 Å². The molecule has 0 saturated carbocycles. The van der Waals surface area contributed by atoms with Crippen LogP contribution in [0.5, 0.6) is 0 Å². The molecular formula is C134H148B2N4O2. The van der Waals surface area contributed by atoms with E-state index < -0.39 is 5.41 Å². The highest BCUT2D eigenvalue weighted by Gasteiger charge is 2.55. The summed E-state index contributed by atoms with van der Waals surface area (Å²) in [6, 6.07) is 99.8. The molecule has 0 bridgehead atoms. The van der Waals surface area contributed by atoms with Crippen LogP contribution < -0.4 is 52.4 Å². The number of furan rings is 2. The molecule has 8 aliphatic rings. The van der Waals surface area contributed by atoms with Crippen molar-refractivity contribution in [1.82, 2.24) is 0 Å². The molecule has 6 nitrogen and oxygen atoms in total. The first kappa shape index (κ1) is 93.9. The van der Waals surface area contributed by atoms with Gasteiger partial charge in [-0.2, -0.15) is 0 Å². The van der Waals surface area contributed by atoms with Gasteiger partial charge in [0.05, 0.1) is 5.69 Å². The molecule has 0 fully saturated rings. The zero-order chi connectivity index (χ0) is 100. The molecule has 6 heterocycles. The number of hydrogen-bond acceptors (Lipinski definition) is 6. The summed E-state index contributed by atoms with van der Waals surface area (Å²) < 4.78 is 16.3. The molecule has 2 aromatic heterocycles. The largest absolute Gasteiger partial charge is 0.440 e. The molecule has 0 N–H and O–H groups in total. The average Bonchev–Trinajstić information content (AvgIpc) is 1.38. The lowest BCUT2D eigenvalue weighted by molar-refractivity contribution is 0.173. The molecular weight excluding hydrogens is 1720 g/mol. The molecule has 13 aromatic carbocycles. The number of hydrogen-bond donors (Lipinski definition) is 0. The quantitative estimate of drug-likeness (QED) is 0.127. The van der Waals surface area contributed by atoms with Crippen molar-refractivity contribution >= 4 is 137 Å². The molecule has 15 aromatic rings. The Labute approximate surface area is 849 Å². The smallest absolute Gasteiger partial charge is 0.257 e. The van der Waals surface area contributed by atoms with Gasteiger partial charge in [-0.05, 0) is 353 Å². The molecule has 4 aliphatic carbocycles. The first-order chi connectivity index (χ1) is 66.6. The fourth-order valence-corrected chi connectivity index (χ4v) is 27.2. The van der Waals surface area contributed by atoms with Crippen LogP contribution >= 0.6 is 0 Å². The molecule has 0 radical (unpaired) electrons. The maximum Gasteiger partial charge on any atom is 0.257 e. The van der Waals surface area contributed by atoms with Gasteiger partial charge in [0.25, 0.3) is 13.4 Å². The van der Waals surface area contributed by atoms with Crippen molar-refractivity contribution in [2.45, 2.75) is 329 Å². The van der Waals surface area contributed by atoms with Crippen LogP contribution in [0.25, 0.3) is 55.3 Å². The van der Waals surface area contributed by atoms with Gasteiger partial charge in [0, 0.05) is 84.0 Å². The Morgan fingerprint density at radius 2 is 0.648 bits per heavy atom. The van der Waals surface area contributed by atoms with Gasteiger partial charge >= 0.3 is 0 Å². The molecule has 23 rings (SSSR count). The first-order valence-electron chi connectivity index (χ1n) is 53.4. The Bertz CT molecular complexity index is 7680. The Morgan fingerprint density at radius 3 is 1.12 bits per heavy atom. The van der Waals surface area contributed by atoms with Crippen molar-refractivity contribution in [3.63, 3.8) is 0 Å². The molecule has 1 unspecified atom stereocenters. The van der Waals surface area contributed by atoms with Crippen molar-refractivity contribution in [2.75, 3.05) is 19.6 Å². The molecule has 142 heavy (non-hydrogen) atoms. The fraction of sp³-hybridized carbons (Fsp3) is 0.388. The fourth-order valence-electron chi connectivity index (χ4n) is 27.2. The predicted octanol–water partition coefficient (Wildman–Crippen LogP) is 33.5. The third-order valence-electron chi connectivity index (χ3n) is 36.6. The van der Waals surface area contributed by atoms with E-state index in [2.05, 4.69) is 476 Å². The Hall–Kier alpha value is -11.7. The summed E-state index contributed by atoms with van der Waals surface area (Å²) in [6.45, 7) is 73.5. The topological polar surface area (TPSA) is 39.2 Å². The van der Waals surface area contributed by atoms with Crippen LogP contribution in [0.4, 0.5) is 68.6 Å². The summed E-state index contributed by atoms with van der Waals surface area (Å²) in [4.78, 5) is 10.7. The molecule has 8 heteroatoms. The minimum Gasteiger partial charge on any atom is -0.440 e. The maximum absolute atomic E-state index is 8.17. The van der Waals surface area contributed by atoms with Gasteiger partial charge in [-0.15, -0.1) is 0 Å². The van der Waals surface area contributed by atoms with Crippen LogP contribution in [0.1, 0.15) is 331 Å². The molecule has 4 aliphatic heterocycles. The molecule has 0 saturated heterocycles. The minimum absolute atomic E-state index is 0.00988. The van der Waals surface area contributed by atoms with Crippen molar-refractivity contribution in [3.05, 3.63) is 321 Å². The Balaban J connectivity index is 0.777. The van der Waals surface area contributed by atoms with Crippen LogP contribution in [-0.4, -0.2) is 13.4 Å². The Kier molecular flexibility index (Phi) is 20.6. The third-order valence-corrected chi connectivity index (χ3v) is 36.6. The van der Waals surface area contributed by atoms with Gasteiger partial charge in [0.15, 0.2) is 0 Å². The van der Waals surface area contributed by atoms with E-state index in [1.54, 1.807) is 0 Å². The van der Waals surface area contributed by atoms with Crippen LogP contribution in [0.2, 0.25) is 0 Å².